The standard InChI is InChI=1S/C12H14ClFN2O2/c1-2-15-11(17)5-6-16-12(18)9-7-8(13)3-4-10(9)14/h3-4,7H,2,5-6H2,1H3,(H,15,17)(H,16,18). The molecule has 0 saturated carbocycles. The normalized spacial score (nSPS) is 9.94. The van der Waals surface area contributed by atoms with Crippen molar-refractivity contribution in [1.82, 2.24) is 10.6 Å². The van der Waals surface area contributed by atoms with Crippen LogP contribution in [0, 0.1) is 5.82 Å². The minimum Gasteiger partial charge on any atom is -0.356 e. The van der Waals surface area contributed by atoms with Crippen LogP contribution in [0.5, 0.6) is 0 Å². The van der Waals surface area contributed by atoms with Crippen LogP contribution < -0.4 is 10.6 Å². The molecule has 0 atom stereocenters. The summed E-state index contributed by atoms with van der Waals surface area (Å²) < 4.78 is 13.3. The Morgan fingerprint density at radius 2 is 2.06 bits per heavy atom. The molecular weight excluding hydrogens is 259 g/mol. The molecule has 2 amide bonds. The fraction of sp³-hybridized carbons (Fsp3) is 0.333. The highest BCUT2D eigenvalue weighted by atomic mass is 35.5. The molecule has 18 heavy (non-hydrogen) atoms. The molecule has 1 aromatic carbocycles. The summed E-state index contributed by atoms with van der Waals surface area (Å²) in [5.74, 6) is -1.39. The fourth-order valence-electron chi connectivity index (χ4n) is 1.34. The number of hydrogen-bond donors (Lipinski definition) is 2. The van der Waals surface area contributed by atoms with Gasteiger partial charge in [-0.25, -0.2) is 4.39 Å². The van der Waals surface area contributed by atoms with Crippen molar-refractivity contribution >= 4 is 23.4 Å². The minimum absolute atomic E-state index is 0.126. The lowest BCUT2D eigenvalue weighted by atomic mass is 10.2. The van der Waals surface area contributed by atoms with Crippen LogP contribution in [0.2, 0.25) is 5.02 Å². The third-order valence-electron chi connectivity index (χ3n) is 2.18. The molecule has 0 aliphatic heterocycles. The van der Waals surface area contributed by atoms with E-state index >= 15 is 0 Å². The number of carbonyl (C=O) groups is 2. The maximum atomic E-state index is 13.3. The Bertz CT molecular complexity index is 452. The summed E-state index contributed by atoms with van der Waals surface area (Å²) in [4.78, 5) is 22.7. The fourth-order valence-corrected chi connectivity index (χ4v) is 1.51. The molecule has 2 N–H and O–H groups in total. The number of rotatable bonds is 5. The summed E-state index contributed by atoms with van der Waals surface area (Å²) in [5.41, 5.74) is -0.126. The lowest BCUT2D eigenvalue weighted by Crippen LogP contribution is -2.31. The quantitative estimate of drug-likeness (QED) is 0.858. The summed E-state index contributed by atoms with van der Waals surface area (Å²) in [7, 11) is 0. The van der Waals surface area contributed by atoms with E-state index in [2.05, 4.69) is 10.6 Å². The van der Waals surface area contributed by atoms with Crippen molar-refractivity contribution in [1.29, 1.82) is 0 Å². The molecular formula is C12H14ClFN2O2. The summed E-state index contributed by atoms with van der Waals surface area (Å²) in [6.45, 7) is 2.49. The van der Waals surface area contributed by atoms with Gasteiger partial charge in [0.1, 0.15) is 5.82 Å². The maximum absolute atomic E-state index is 13.3. The number of nitrogens with one attached hydrogen (secondary N) is 2. The van der Waals surface area contributed by atoms with Crippen molar-refractivity contribution in [2.45, 2.75) is 13.3 Å². The van der Waals surface area contributed by atoms with E-state index in [1.165, 1.54) is 12.1 Å². The van der Waals surface area contributed by atoms with Crippen LogP contribution in [0.15, 0.2) is 18.2 Å². The highest BCUT2D eigenvalue weighted by molar-refractivity contribution is 6.31. The SMILES string of the molecule is CCNC(=O)CCNC(=O)c1cc(Cl)ccc1F. The van der Waals surface area contributed by atoms with Crippen LogP contribution >= 0.6 is 11.6 Å². The first kappa shape index (κ1) is 14.4. The van der Waals surface area contributed by atoms with E-state index in [1.54, 1.807) is 6.92 Å². The summed E-state index contributed by atoms with van der Waals surface area (Å²) >= 11 is 5.68. The Labute approximate surface area is 110 Å². The van der Waals surface area contributed by atoms with E-state index in [9.17, 15) is 14.0 Å². The molecule has 4 nitrogen and oxygen atoms in total. The Morgan fingerprint density at radius 3 is 2.72 bits per heavy atom. The van der Waals surface area contributed by atoms with Crippen LogP contribution in [0.3, 0.4) is 0 Å². The van der Waals surface area contributed by atoms with Gasteiger partial charge in [0.15, 0.2) is 0 Å². The van der Waals surface area contributed by atoms with Gasteiger partial charge in [-0.2, -0.15) is 0 Å². The zero-order chi connectivity index (χ0) is 13.5. The highest BCUT2D eigenvalue weighted by Gasteiger charge is 2.12. The predicted octanol–water partition coefficient (Wildman–Crippen LogP) is 1.74. The van der Waals surface area contributed by atoms with Crippen molar-refractivity contribution in [2.75, 3.05) is 13.1 Å². The van der Waals surface area contributed by atoms with Gasteiger partial charge >= 0.3 is 0 Å². The Hall–Kier alpha value is -1.62. The average Bonchev–Trinajstić information content (AvgIpc) is 2.32. The van der Waals surface area contributed by atoms with E-state index in [4.69, 9.17) is 11.6 Å². The molecule has 0 saturated heterocycles. The number of benzene rings is 1. The molecule has 0 aromatic heterocycles. The lowest BCUT2D eigenvalue weighted by Gasteiger charge is -2.06. The van der Waals surface area contributed by atoms with Crippen molar-refractivity contribution in [3.05, 3.63) is 34.6 Å². The topological polar surface area (TPSA) is 58.2 Å². The Morgan fingerprint density at radius 1 is 1.33 bits per heavy atom. The first-order valence-corrected chi connectivity index (χ1v) is 5.92. The third-order valence-corrected chi connectivity index (χ3v) is 2.42. The first-order chi connectivity index (χ1) is 8.54. The molecule has 0 fully saturated rings. The molecule has 1 rings (SSSR count). The summed E-state index contributed by atoms with van der Waals surface area (Å²) in [6, 6.07) is 3.74. The van der Waals surface area contributed by atoms with Gasteiger partial charge < -0.3 is 10.6 Å². The molecule has 98 valence electrons. The maximum Gasteiger partial charge on any atom is 0.254 e. The number of amides is 2. The van der Waals surface area contributed by atoms with Gasteiger partial charge in [0.05, 0.1) is 5.56 Å². The minimum atomic E-state index is -0.644. The second-order valence-corrected chi connectivity index (χ2v) is 4.02. The molecule has 0 radical (unpaired) electrons. The number of carbonyl (C=O) groups excluding carboxylic acids is 2. The van der Waals surface area contributed by atoms with Crippen LogP contribution in [0.1, 0.15) is 23.7 Å². The smallest absolute Gasteiger partial charge is 0.254 e. The zero-order valence-electron chi connectivity index (χ0n) is 9.93. The van der Waals surface area contributed by atoms with Crippen molar-refractivity contribution in [2.24, 2.45) is 0 Å². The van der Waals surface area contributed by atoms with Crippen LogP contribution in [0.4, 0.5) is 4.39 Å². The van der Waals surface area contributed by atoms with Gasteiger partial charge in [0.25, 0.3) is 5.91 Å². The summed E-state index contributed by atoms with van der Waals surface area (Å²) in [5, 5.41) is 5.33. The first-order valence-electron chi connectivity index (χ1n) is 5.54. The van der Waals surface area contributed by atoms with Gasteiger partial charge in [0.2, 0.25) is 5.91 Å². The van der Waals surface area contributed by atoms with E-state index in [1.807, 2.05) is 0 Å². The van der Waals surface area contributed by atoms with Crippen molar-refractivity contribution < 1.29 is 14.0 Å². The molecule has 0 bridgehead atoms. The lowest BCUT2D eigenvalue weighted by molar-refractivity contribution is -0.120. The van der Waals surface area contributed by atoms with Crippen LogP contribution in [0.25, 0.3) is 0 Å². The molecule has 1 aromatic rings. The summed E-state index contributed by atoms with van der Waals surface area (Å²) in [6.07, 6.45) is 0.155. The molecule has 0 heterocycles. The number of halogens is 2. The van der Waals surface area contributed by atoms with Crippen LogP contribution in [-0.2, 0) is 4.79 Å². The third kappa shape index (κ3) is 4.33. The highest BCUT2D eigenvalue weighted by Crippen LogP contribution is 2.14. The van der Waals surface area contributed by atoms with E-state index in [0.29, 0.717) is 6.54 Å². The predicted molar refractivity (Wildman–Crippen MR) is 67.0 cm³/mol. The average molecular weight is 273 g/mol. The Kier molecular flexibility index (Phi) is 5.58. The van der Waals surface area contributed by atoms with Gasteiger partial charge in [-0.3, -0.25) is 9.59 Å². The second-order valence-electron chi connectivity index (χ2n) is 3.58. The van der Waals surface area contributed by atoms with Gasteiger partial charge in [-0.05, 0) is 25.1 Å². The molecule has 0 spiro atoms. The van der Waals surface area contributed by atoms with Crippen molar-refractivity contribution in [3.63, 3.8) is 0 Å². The van der Waals surface area contributed by atoms with E-state index < -0.39 is 11.7 Å². The Balaban J connectivity index is 2.50. The van der Waals surface area contributed by atoms with Crippen molar-refractivity contribution in [3.8, 4) is 0 Å². The molecule has 0 aliphatic rings. The van der Waals surface area contributed by atoms with E-state index in [-0.39, 0.29) is 29.5 Å². The zero-order valence-corrected chi connectivity index (χ0v) is 10.7. The van der Waals surface area contributed by atoms with Gasteiger partial charge in [0, 0.05) is 24.5 Å². The molecule has 0 unspecified atom stereocenters. The number of hydrogen-bond acceptors (Lipinski definition) is 2. The van der Waals surface area contributed by atoms with Gasteiger partial charge in [-0.15, -0.1) is 0 Å². The second kappa shape index (κ2) is 6.96. The van der Waals surface area contributed by atoms with Crippen LogP contribution in [-0.4, -0.2) is 24.9 Å². The monoisotopic (exact) mass is 272 g/mol. The molecule has 0 aliphatic carbocycles. The van der Waals surface area contributed by atoms with E-state index in [0.717, 1.165) is 6.07 Å². The molecule has 6 heteroatoms. The van der Waals surface area contributed by atoms with Gasteiger partial charge in [-0.1, -0.05) is 11.6 Å². The largest absolute Gasteiger partial charge is 0.356 e.